The number of pyridine rings is 1. The van der Waals surface area contributed by atoms with Crippen LogP contribution in [-0.4, -0.2) is 41.5 Å². The molecule has 0 aliphatic carbocycles. The van der Waals surface area contributed by atoms with Crippen molar-refractivity contribution in [3.05, 3.63) is 51.2 Å². The van der Waals surface area contributed by atoms with Gasteiger partial charge in [0.05, 0.1) is 36.9 Å². The fraction of sp³-hybridized carbons (Fsp3) is 0.222. The van der Waals surface area contributed by atoms with Crippen molar-refractivity contribution in [1.29, 1.82) is 0 Å². The number of nitrogens with zero attached hydrogens (tertiary/aromatic N) is 2. The van der Waals surface area contributed by atoms with Crippen LogP contribution in [0, 0.1) is 6.92 Å². The second kappa shape index (κ2) is 7.99. The largest absolute Gasteiger partial charge is 0.465 e. The molecule has 0 bridgehead atoms. The van der Waals surface area contributed by atoms with Crippen LogP contribution in [0.3, 0.4) is 0 Å². The summed E-state index contributed by atoms with van der Waals surface area (Å²) in [5, 5.41) is 3.44. The van der Waals surface area contributed by atoms with Crippen molar-refractivity contribution in [1.82, 2.24) is 9.38 Å². The molecular formula is C18H16ClN3O5S. The Morgan fingerprint density at radius 3 is 2.57 bits per heavy atom. The highest BCUT2D eigenvalue weighted by atomic mass is 35.5. The number of halogens is 1. The van der Waals surface area contributed by atoms with Crippen LogP contribution in [-0.2, 0) is 20.7 Å². The smallest absolute Gasteiger partial charge is 0.348 e. The number of amides is 1. The number of hydrogen-bond donors (Lipinski definition) is 1. The average molecular weight is 422 g/mol. The van der Waals surface area contributed by atoms with E-state index in [9.17, 15) is 14.4 Å². The van der Waals surface area contributed by atoms with E-state index in [0.717, 1.165) is 11.3 Å². The predicted molar refractivity (Wildman–Crippen MR) is 104 cm³/mol. The summed E-state index contributed by atoms with van der Waals surface area (Å²) in [6.45, 7) is 1.59. The van der Waals surface area contributed by atoms with E-state index in [2.05, 4.69) is 10.3 Å². The number of fused-ring (bicyclic) bond motifs is 1. The normalized spacial score (nSPS) is 10.7. The van der Waals surface area contributed by atoms with Crippen molar-refractivity contribution >= 4 is 51.4 Å². The van der Waals surface area contributed by atoms with E-state index in [4.69, 9.17) is 21.1 Å². The predicted octanol–water partition coefficient (Wildman–Crippen LogP) is 3.11. The van der Waals surface area contributed by atoms with E-state index >= 15 is 0 Å². The molecule has 0 fully saturated rings. The van der Waals surface area contributed by atoms with Gasteiger partial charge in [-0.25, -0.2) is 14.6 Å². The zero-order valence-electron chi connectivity index (χ0n) is 15.2. The van der Waals surface area contributed by atoms with E-state index in [0.29, 0.717) is 21.9 Å². The number of methoxy groups -OCH3 is 2. The number of aromatic nitrogens is 2. The van der Waals surface area contributed by atoms with Crippen LogP contribution in [0.5, 0.6) is 0 Å². The molecule has 3 aromatic heterocycles. The van der Waals surface area contributed by atoms with Gasteiger partial charge in [-0.05, 0) is 24.6 Å². The molecule has 0 unspecified atom stereocenters. The van der Waals surface area contributed by atoms with Gasteiger partial charge in [-0.3, -0.25) is 4.79 Å². The number of rotatable bonds is 5. The summed E-state index contributed by atoms with van der Waals surface area (Å²) in [5.74, 6) is -1.63. The molecule has 0 saturated carbocycles. The molecule has 3 heterocycles. The zero-order chi connectivity index (χ0) is 20.4. The Kier molecular flexibility index (Phi) is 5.66. The van der Waals surface area contributed by atoms with Gasteiger partial charge < -0.3 is 19.2 Å². The molecule has 0 aromatic carbocycles. The summed E-state index contributed by atoms with van der Waals surface area (Å²) in [5.41, 5.74) is 1.70. The minimum Gasteiger partial charge on any atom is -0.465 e. The zero-order valence-corrected chi connectivity index (χ0v) is 16.8. The lowest BCUT2D eigenvalue weighted by molar-refractivity contribution is -0.115. The highest BCUT2D eigenvalue weighted by molar-refractivity contribution is 7.18. The van der Waals surface area contributed by atoms with E-state index in [1.165, 1.54) is 14.2 Å². The van der Waals surface area contributed by atoms with Crippen LogP contribution < -0.4 is 5.32 Å². The van der Waals surface area contributed by atoms with E-state index in [1.54, 1.807) is 35.9 Å². The van der Waals surface area contributed by atoms with Gasteiger partial charge >= 0.3 is 11.9 Å². The van der Waals surface area contributed by atoms with Gasteiger partial charge in [-0.15, -0.1) is 11.3 Å². The van der Waals surface area contributed by atoms with E-state index < -0.39 is 17.8 Å². The summed E-state index contributed by atoms with van der Waals surface area (Å²) in [4.78, 5) is 41.1. The Balaban J connectivity index is 1.86. The first-order valence-electron chi connectivity index (χ1n) is 8.07. The maximum atomic E-state index is 12.5. The molecule has 28 heavy (non-hydrogen) atoms. The third-order valence-corrected chi connectivity index (χ3v) is 5.38. The van der Waals surface area contributed by atoms with E-state index in [1.807, 2.05) is 0 Å². The van der Waals surface area contributed by atoms with Crippen molar-refractivity contribution in [3.8, 4) is 0 Å². The average Bonchev–Trinajstić information content (AvgIpc) is 3.20. The van der Waals surface area contributed by atoms with Gasteiger partial charge in [-0.2, -0.15) is 0 Å². The SMILES string of the molecule is COC(=O)c1sc(NC(=O)Cc2cn3cc(Cl)ccc3n2)c(C(=O)OC)c1C. The first-order valence-corrected chi connectivity index (χ1v) is 9.26. The molecule has 0 atom stereocenters. The number of hydrogen-bond acceptors (Lipinski definition) is 7. The van der Waals surface area contributed by atoms with Crippen molar-refractivity contribution in [2.24, 2.45) is 0 Å². The minimum absolute atomic E-state index is 0.0234. The van der Waals surface area contributed by atoms with E-state index in [-0.39, 0.29) is 21.9 Å². The van der Waals surface area contributed by atoms with Crippen LogP contribution in [0.4, 0.5) is 5.00 Å². The fourth-order valence-electron chi connectivity index (χ4n) is 2.67. The number of nitrogens with one attached hydrogen (secondary N) is 1. The summed E-state index contributed by atoms with van der Waals surface area (Å²) < 4.78 is 11.2. The third kappa shape index (κ3) is 3.85. The van der Waals surface area contributed by atoms with Crippen molar-refractivity contribution in [2.45, 2.75) is 13.3 Å². The number of imidazole rings is 1. The van der Waals surface area contributed by atoms with Crippen molar-refractivity contribution in [3.63, 3.8) is 0 Å². The first-order chi connectivity index (χ1) is 13.3. The third-order valence-electron chi connectivity index (χ3n) is 3.97. The van der Waals surface area contributed by atoms with Crippen LogP contribution in [0.1, 0.15) is 31.3 Å². The Bertz CT molecular complexity index is 1090. The summed E-state index contributed by atoms with van der Waals surface area (Å²) in [7, 11) is 2.47. The Hall–Kier alpha value is -2.91. The van der Waals surface area contributed by atoms with Gasteiger partial charge in [0.15, 0.2) is 0 Å². The monoisotopic (exact) mass is 421 g/mol. The highest BCUT2D eigenvalue weighted by Gasteiger charge is 2.26. The molecule has 3 rings (SSSR count). The number of esters is 2. The number of carbonyl (C=O) groups is 3. The lowest BCUT2D eigenvalue weighted by Crippen LogP contribution is -2.16. The molecule has 1 amide bonds. The maximum Gasteiger partial charge on any atom is 0.348 e. The molecule has 0 radical (unpaired) electrons. The molecule has 146 valence electrons. The van der Waals surface area contributed by atoms with Gasteiger partial charge in [0, 0.05) is 12.4 Å². The number of carbonyl (C=O) groups excluding carboxylic acids is 3. The number of thiophene rings is 1. The minimum atomic E-state index is -0.651. The molecule has 0 spiro atoms. The lowest BCUT2D eigenvalue weighted by atomic mass is 10.1. The summed E-state index contributed by atoms with van der Waals surface area (Å²) in [6, 6.07) is 3.45. The van der Waals surface area contributed by atoms with Gasteiger partial charge in [-0.1, -0.05) is 11.6 Å². The number of anilines is 1. The fourth-order valence-corrected chi connectivity index (χ4v) is 3.97. The van der Waals surface area contributed by atoms with Gasteiger partial charge in [0.1, 0.15) is 15.5 Å². The Labute approximate surface area is 169 Å². The lowest BCUT2D eigenvalue weighted by Gasteiger charge is -2.05. The maximum absolute atomic E-state index is 12.5. The summed E-state index contributed by atoms with van der Waals surface area (Å²) in [6.07, 6.45) is 3.36. The van der Waals surface area contributed by atoms with Crippen LogP contribution >= 0.6 is 22.9 Å². The molecular weight excluding hydrogens is 406 g/mol. The van der Waals surface area contributed by atoms with Crippen LogP contribution in [0.25, 0.3) is 5.65 Å². The molecule has 1 N–H and O–H groups in total. The quantitative estimate of drug-likeness (QED) is 0.635. The molecule has 0 saturated heterocycles. The topological polar surface area (TPSA) is 99.0 Å². The van der Waals surface area contributed by atoms with Crippen molar-refractivity contribution in [2.75, 3.05) is 19.5 Å². The Morgan fingerprint density at radius 2 is 1.89 bits per heavy atom. The highest BCUT2D eigenvalue weighted by Crippen LogP contribution is 2.34. The molecule has 10 heteroatoms. The molecule has 8 nitrogen and oxygen atoms in total. The second-order valence-electron chi connectivity index (χ2n) is 5.81. The van der Waals surface area contributed by atoms with Crippen molar-refractivity contribution < 1.29 is 23.9 Å². The standard InChI is InChI=1S/C18H16ClN3O5S/c1-9-14(17(24)26-2)16(28-15(9)18(25)27-3)21-13(23)6-11-8-22-7-10(19)4-5-12(22)20-11/h4-5,7-8H,6H2,1-3H3,(H,21,23). The van der Waals surface area contributed by atoms with Crippen LogP contribution in [0.15, 0.2) is 24.5 Å². The molecule has 0 aliphatic heterocycles. The van der Waals surface area contributed by atoms with Gasteiger partial charge in [0.25, 0.3) is 0 Å². The summed E-state index contributed by atoms with van der Waals surface area (Å²) >= 11 is 6.91. The number of ether oxygens (including phenoxy) is 2. The van der Waals surface area contributed by atoms with Crippen LogP contribution in [0.2, 0.25) is 5.02 Å². The van der Waals surface area contributed by atoms with Gasteiger partial charge in [0.2, 0.25) is 5.91 Å². The molecule has 0 aliphatic rings. The Morgan fingerprint density at radius 1 is 1.18 bits per heavy atom. The second-order valence-corrected chi connectivity index (χ2v) is 7.27. The first kappa shape index (κ1) is 19.8. The molecule has 3 aromatic rings.